The minimum atomic E-state index is -0.852. The van der Waals surface area contributed by atoms with Crippen LogP contribution in [0.15, 0.2) is 91.4 Å². The van der Waals surface area contributed by atoms with Crippen LogP contribution in [0.3, 0.4) is 0 Å². The van der Waals surface area contributed by atoms with E-state index in [1.807, 2.05) is 48.9 Å². The summed E-state index contributed by atoms with van der Waals surface area (Å²) in [4.78, 5) is 25.4. The lowest BCUT2D eigenvalue weighted by Crippen LogP contribution is -2.50. The minimum absolute atomic E-state index is 0.117. The van der Waals surface area contributed by atoms with Crippen molar-refractivity contribution in [3.8, 4) is 0 Å². The molecule has 0 saturated carbocycles. The summed E-state index contributed by atoms with van der Waals surface area (Å²) in [5, 5.41) is 13.7. The van der Waals surface area contributed by atoms with Gasteiger partial charge in [0.1, 0.15) is 0 Å². The lowest BCUT2D eigenvalue weighted by atomic mass is 9.89. The van der Waals surface area contributed by atoms with Crippen LogP contribution < -0.4 is 5.32 Å². The number of fused-ring (bicyclic) bond motifs is 2. The highest BCUT2D eigenvalue weighted by Crippen LogP contribution is 2.35. The maximum absolute atomic E-state index is 12.4. The molecule has 1 amide bonds. The van der Waals surface area contributed by atoms with Crippen molar-refractivity contribution < 1.29 is 9.90 Å². The van der Waals surface area contributed by atoms with Crippen molar-refractivity contribution >= 4 is 6.09 Å². The Morgan fingerprint density at radius 3 is 2.37 bits per heavy atom. The Morgan fingerprint density at radius 1 is 0.878 bits per heavy atom. The van der Waals surface area contributed by atoms with Crippen LogP contribution in [0.2, 0.25) is 0 Å². The molecule has 1 aliphatic heterocycles. The van der Waals surface area contributed by atoms with Gasteiger partial charge in [0, 0.05) is 51.3 Å². The molecular formula is C34H37N5O2. The molecule has 0 spiro atoms. The van der Waals surface area contributed by atoms with Gasteiger partial charge in [0.2, 0.25) is 0 Å². The van der Waals surface area contributed by atoms with E-state index in [4.69, 9.17) is 4.98 Å². The molecule has 0 fully saturated rings. The molecule has 41 heavy (non-hydrogen) atoms. The Balaban J connectivity index is 1.21. The normalized spacial score (nSPS) is 18.1. The second-order valence-corrected chi connectivity index (χ2v) is 11.2. The molecule has 0 bridgehead atoms. The number of aryl methyl sites for hydroxylation is 1. The number of aromatic nitrogens is 2. The van der Waals surface area contributed by atoms with Gasteiger partial charge in [0.15, 0.2) is 0 Å². The molecule has 4 aromatic rings. The molecule has 6 rings (SSSR count). The molecule has 2 N–H and O–H groups in total. The van der Waals surface area contributed by atoms with Crippen molar-refractivity contribution in [2.75, 3.05) is 6.54 Å². The standard InChI is InChI=1S/C34H37N5O2/c40-34(41)39-23-30-6-2-1-5-29(30)19-31(39)24-38(32-9-3-7-28-8-4-16-37-33(28)32)22-27-12-10-25(11-13-27)20-36-21-26-14-17-35-18-15-26/h1-2,4-6,8,10-18,31-32,36H,3,7,9,19-24H2,(H,40,41). The predicted molar refractivity (Wildman–Crippen MR) is 159 cm³/mol. The minimum Gasteiger partial charge on any atom is -0.465 e. The second-order valence-electron chi connectivity index (χ2n) is 11.2. The van der Waals surface area contributed by atoms with Crippen molar-refractivity contribution in [3.63, 3.8) is 0 Å². The van der Waals surface area contributed by atoms with Crippen LogP contribution in [0.4, 0.5) is 4.79 Å². The van der Waals surface area contributed by atoms with E-state index in [-0.39, 0.29) is 12.1 Å². The molecule has 2 aromatic heterocycles. The summed E-state index contributed by atoms with van der Waals surface area (Å²) in [5.41, 5.74) is 8.50. The number of nitrogens with zero attached hydrogens (tertiary/aromatic N) is 4. The first-order valence-corrected chi connectivity index (χ1v) is 14.6. The molecule has 0 saturated heterocycles. The Kier molecular flexibility index (Phi) is 8.35. The number of nitrogens with one attached hydrogen (secondary N) is 1. The predicted octanol–water partition coefficient (Wildman–Crippen LogP) is 5.75. The number of hydrogen-bond donors (Lipinski definition) is 2. The quantitative estimate of drug-likeness (QED) is 0.278. The summed E-state index contributed by atoms with van der Waals surface area (Å²) in [5.74, 6) is 0. The van der Waals surface area contributed by atoms with Crippen LogP contribution in [-0.4, -0.2) is 43.6 Å². The molecule has 210 valence electrons. The van der Waals surface area contributed by atoms with Gasteiger partial charge in [0.05, 0.1) is 17.8 Å². The van der Waals surface area contributed by atoms with Crippen molar-refractivity contribution in [2.45, 2.75) is 63.9 Å². The third-order valence-corrected chi connectivity index (χ3v) is 8.47. The van der Waals surface area contributed by atoms with Crippen LogP contribution >= 0.6 is 0 Å². The average Bonchev–Trinajstić information content (AvgIpc) is 3.01. The number of carboxylic acid groups (broad SMARTS) is 1. The fourth-order valence-electron chi connectivity index (χ4n) is 6.34. The Labute approximate surface area is 241 Å². The van der Waals surface area contributed by atoms with Gasteiger partial charge in [-0.1, -0.05) is 54.6 Å². The topological polar surface area (TPSA) is 81.6 Å². The van der Waals surface area contributed by atoms with E-state index in [0.717, 1.165) is 56.6 Å². The van der Waals surface area contributed by atoms with Crippen molar-refractivity contribution in [1.29, 1.82) is 0 Å². The van der Waals surface area contributed by atoms with Gasteiger partial charge in [-0.25, -0.2) is 4.79 Å². The Hall–Kier alpha value is -4.07. The summed E-state index contributed by atoms with van der Waals surface area (Å²) in [6.07, 6.45) is 8.59. The van der Waals surface area contributed by atoms with E-state index in [2.05, 4.69) is 57.7 Å². The summed E-state index contributed by atoms with van der Waals surface area (Å²) < 4.78 is 0. The van der Waals surface area contributed by atoms with Crippen LogP contribution in [0.1, 0.15) is 58.0 Å². The van der Waals surface area contributed by atoms with E-state index in [0.29, 0.717) is 13.1 Å². The molecule has 3 heterocycles. The number of rotatable bonds is 9. The molecule has 2 aromatic carbocycles. The van der Waals surface area contributed by atoms with Crippen LogP contribution in [0.25, 0.3) is 0 Å². The molecular weight excluding hydrogens is 510 g/mol. The zero-order valence-electron chi connectivity index (χ0n) is 23.3. The fraction of sp³-hybridized carbons (Fsp3) is 0.324. The van der Waals surface area contributed by atoms with Crippen molar-refractivity contribution in [3.05, 3.63) is 130 Å². The number of amides is 1. The zero-order valence-corrected chi connectivity index (χ0v) is 23.3. The van der Waals surface area contributed by atoms with E-state index in [9.17, 15) is 9.90 Å². The lowest BCUT2D eigenvalue weighted by molar-refractivity contribution is 0.0755. The summed E-state index contributed by atoms with van der Waals surface area (Å²) in [6.45, 7) is 3.44. The molecule has 1 aliphatic carbocycles. The van der Waals surface area contributed by atoms with E-state index >= 15 is 0 Å². The van der Waals surface area contributed by atoms with Gasteiger partial charge in [0.25, 0.3) is 0 Å². The number of hydrogen-bond acceptors (Lipinski definition) is 5. The largest absolute Gasteiger partial charge is 0.465 e. The van der Waals surface area contributed by atoms with Crippen LogP contribution in [-0.2, 0) is 39.0 Å². The van der Waals surface area contributed by atoms with Gasteiger partial charge >= 0.3 is 6.09 Å². The summed E-state index contributed by atoms with van der Waals surface area (Å²) in [7, 11) is 0. The van der Waals surface area contributed by atoms with E-state index in [1.165, 1.54) is 27.8 Å². The summed E-state index contributed by atoms with van der Waals surface area (Å²) in [6, 6.07) is 25.4. The van der Waals surface area contributed by atoms with E-state index < -0.39 is 6.09 Å². The smallest absolute Gasteiger partial charge is 0.407 e. The molecule has 2 atom stereocenters. The molecule has 0 radical (unpaired) electrons. The average molecular weight is 548 g/mol. The summed E-state index contributed by atoms with van der Waals surface area (Å²) >= 11 is 0. The maximum atomic E-state index is 12.4. The SMILES string of the molecule is O=C(O)N1Cc2ccccc2CC1CN(Cc1ccc(CNCc2ccncc2)cc1)C1CCCc2cccnc21. The number of benzene rings is 2. The van der Waals surface area contributed by atoms with Gasteiger partial charge in [-0.05, 0) is 77.3 Å². The first kappa shape index (κ1) is 27.1. The second kappa shape index (κ2) is 12.6. The molecule has 7 heteroatoms. The highest BCUT2D eigenvalue weighted by molar-refractivity contribution is 5.66. The van der Waals surface area contributed by atoms with Gasteiger partial charge in [-0.2, -0.15) is 0 Å². The van der Waals surface area contributed by atoms with Crippen molar-refractivity contribution in [1.82, 2.24) is 25.1 Å². The molecule has 2 unspecified atom stereocenters. The number of carbonyl (C=O) groups is 1. The Bertz CT molecular complexity index is 1460. The monoisotopic (exact) mass is 547 g/mol. The first-order chi connectivity index (χ1) is 20.1. The van der Waals surface area contributed by atoms with Crippen LogP contribution in [0.5, 0.6) is 0 Å². The molecule has 7 nitrogen and oxygen atoms in total. The Morgan fingerprint density at radius 2 is 1.59 bits per heavy atom. The fourth-order valence-corrected chi connectivity index (χ4v) is 6.34. The van der Waals surface area contributed by atoms with Gasteiger partial charge in [-0.15, -0.1) is 0 Å². The third kappa shape index (κ3) is 6.47. The van der Waals surface area contributed by atoms with Gasteiger partial charge < -0.3 is 10.4 Å². The maximum Gasteiger partial charge on any atom is 0.407 e. The highest BCUT2D eigenvalue weighted by Gasteiger charge is 2.34. The number of pyridine rings is 2. The highest BCUT2D eigenvalue weighted by atomic mass is 16.4. The van der Waals surface area contributed by atoms with Crippen molar-refractivity contribution in [2.24, 2.45) is 0 Å². The van der Waals surface area contributed by atoms with Gasteiger partial charge in [-0.3, -0.25) is 19.8 Å². The lowest BCUT2D eigenvalue weighted by Gasteiger charge is -2.41. The molecule has 2 aliphatic rings. The zero-order chi connectivity index (χ0) is 28.0. The third-order valence-electron chi connectivity index (χ3n) is 8.47. The first-order valence-electron chi connectivity index (χ1n) is 14.6. The van der Waals surface area contributed by atoms with Crippen LogP contribution in [0, 0.1) is 0 Å². The van der Waals surface area contributed by atoms with E-state index in [1.54, 1.807) is 4.90 Å².